The molecule has 0 fully saturated rings. The molecule has 0 saturated heterocycles. The van der Waals surface area contributed by atoms with E-state index in [1.54, 1.807) is 136 Å². The van der Waals surface area contributed by atoms with E-state index in [9.17, 15) is 19.2 Å². The van der Waals surface area contributed by atoms with Gasteiger partial charge < -0.3 is 30.7 Å². The van der Waals surface area contributed by atoms with Crippen molar-refractivity contribution in [3.8, 4) is 11.5 Å². The summed E-state index contributed by atoms with van der Waals surface area (Å²) in [5.74, 6) is -0.723. The summed E-state index contributed by atoms with van der Waals surface area (Å²) in [6, 6.07) is 31.0. The number of benzene rings is 4. The lowest BCUT2D eigenvalue weighted by Gasteiger charge is -2.13. The third-order valence-corrected chi connectivity index (χ3v) is 6.61. The Kier molecular flexibility index (Phi) is 11.8. The largest absolute Gasteiger partial charge is 0.497 e. The van der Waals surface area contributed by atoms with Gasteiger partial charge in [0.2, 0.25) is 0 Å². The molecule has 10 heteroatoms. The summed E-state index contributed by atoms with van der Waals surface area (Å²) in [6.45, 7) is 0.0718. The van der Waals surface area contributed by atoms with Gasteiger partial charge in [-0.3, -0.25) is 19.2 Å². The third kappa shape index (κ3) is 9.68. The van der Waals surface area contributed by atoms with Crippen LogP contribution in [-0.4, -0.2) is 50.9 Å². The second-order valence-electron chi connectivity index (χ2n) is 9.81. The number of carbonyl (C=O) groups excluding carboxylic acids is 4. The molecule has 0 spiro atoms. The van der Waals surface area contributed by atoms with Crippen LogP contribution in [-0.2, 0) is 9.59 Å². The molecular weight excluding hydrogens is 584 g/mol. The summed E-state index contributed by atoms with van der Waals surface area (Å²) in [7, 11) is 3.11. The van der Waals surface area contributed by atoms with E-state index in [1.165, 1.54) is 0 Å². The first kappa shape index (κ1) is 32.7. The fourth-order valence-corrected chi connectivity index (χ4v) is 4.16. The molecule has 0 aliphatic rings. The highest BCUT2D eigenvalue weighted by molar-refractivity contribution is 6.06. The minimum absolute atomic E-state index is 0.0144. The van der Waals surface area contributed by atoms with Crippen molar-refractivity contribution in [2.75, 3.05) is 27.3 Å². The van der Waals surface area contributed by atoms with Crippen LogP contribution in [0.2, 0.25) is 0 Å². The zero-order valence-electron chi connectivity index (χ0n) is 25.4. The molecule has 234 valence electrons. The van der Waals surface area contributed by atoms with Crippen molar-refractivity contribution in [3.05, 3.63) is 143 Å². The van der Waals surface area contributed by atoms with Gasteiger partial charge in [0.05, 0.1) is 14.2 Å². The fourth-order valence-electron chi connectivity index (χ4n) is 4.16. The van der Waals surface area contributed by atoms with Gasteiger partial charge in [0.25, 0.3) is 23.6 Å². The maximum absolute atomic E-state index is 13.2. The van der Waals surface area contributed by atoms with Crippen LogP contribution in [0, 0.1) is 0 Å². The van der Waals surface area contributed by atoms with E-state index in [0.29, 0.717) is 33.8 Å². The molecule has 0 aliphatic carbocycles. The van der Waals surface area contributed by atoms with E-state index < -0.39 is 23.6 Å². The van der Waals surface area contributed by atoms with Crippen LogP contribution in [0.1, 0.15) is 31.8 Å². The zero-order valence-corrected chi connectivity index (χ0v) is 25.4. The Morgan fingerprint density at radius 1 is 0.522 bits per heavy atom. The van der Waals surface area contributed by atoms with E-state index in [2.05, 4.69) is 21.3 Å². The lowest BCUT2D eigenvalue weighted by molar-refractivity contribution is -0.119. The molecule has 0 aromatic heterocycles. The zero-order chi connectivity index (χ0) is 32.7. The highest BCUT2D eigenvalue weighted by Crippen LogP contribution is 2.15. The molecule has 4 amide bonds. The summed E-state index contributed by atoms with van der Waals surface area (Å²) < 4.78 is 10.4. The van der Waals surface area contributed by atoms with Crippen LogP contribution < -0.4 is 30.7 Å². The molecule has 0 unspecified atom stereocenters. The number of rotatable bonds is 13. The third-order valence-electron chi connectivity index (χ3n) is 6.61. The number of hydrogen-bond donors (Lipinski definition) is 4. The molecule has 10 nitrogen and oxygen atoms in total. The number of carbonyl (C=O) groups is 4. The molecular formula is C36H34N4O6. The molecule has 0 aliphatic heterocycles. The monoisotopic (exact) mass is 618 g/mol. The second kappa shape index (κ2) is 16.6. The minimum Gasteiger partial charge on any atom is -0.497 e. The van der Waals surface area contributed by atoms with Gasteiger partial charge >= 0.3 is 0 Å². The van der Waals surface area contributed by atoms with Gasteiger partial charge in [-0.2, -0.15) is 0 Å². The predicted octanol–water partition coefficient (Wildman–Crippen LogP) is 4.18. The van der Waals surface area contributed by atoms with Gasteiger partial charge in [-0.1, -0.05) is 60.7 Å². The van der Waals surface area contributed by atoms with Crippen molar-refractivity contribution in [2.24, 2.45) is 0 Å². The highest BCUT2D eigenvalue weighted by atomic mass is 16.5. The molecule has 4 rings (SSSR count). The van der Waals surface area contributed by atoms with Crippen LogP contribution >= 0.6 is 0 Å². The number of hydrogen-bond acceptors (Lipinski definition) is 6. The van der Waals surface area contributed by atoms with Crippen LogP contribution in [0.5, 0.6) is 11.5 Å². The lowest BCUT2D eigenvalue weighted by Crippen LogP contribution is -2.41. The first-order valence-corrected chi connectivity index (χ1v) is 14.4. The number of methoxy groups -OCH3 is 2. The van der Waals surface area contributed by atoms with Gasteiger partial charge in [-0.05, 0) is 71.8 Å². The standard InChI is InChI=1S/C36H34N4O6/c1-45-29-17-13-25(14-18-29)23-31(39-33(41)27-9-5-3-6-10-27)35(43)37-21-22-38-36(44)32(24-26-15-19-30(46-2)20-16-26)40-34(42)28-11-7-4-8-12-28/h3-20,23-24H,21-22H2,1-2H3,(H,37,43)(H,38,44)(H,39,41)(H,40,42)/b31-23+,32-24+. The van der Waals surface area contributed by atoms with E-state index >= 15 is 0 Å². The molecule has 4 aromatic rings. The van der Waals surface area contributed by atoms with E-state index in [0.717, 1.165) is 0 Å². The SMILES string of the molecule is COc1ccc(/C=C(/NC(=O)c2ccccc2)C(=O)NCCNC(=O)/C(=C\c2ccc(OC)cc2)NC(=O)c2ccccc2)cc1. The Morgan fingerprint density at radius 3 is 1.20 bits per heavy atom. The summed E-state index contributed by atoms with van der Waals surface area (Å²) in [5, 5.41) is 10.8. The molecule has 4 N–H and O–H groups in total. The predicted molar refractivity (Wildman–Crippen MR) is 176 cm³/mol. The van der Waals surface area contributed by atoms with E-state index in [4.69, 9.17) is 9.47 Å². The maximum Gasteiger partial charge on any atom is 0.267 e. The van der Waals surface area contributed by atoms with Gasteiger partial charge in [-0.15, -0.1) is 0 Å². The molecule has 46 heavy (non-hydrogen) atoms. The van der Waals surface area contributed by atoms with Crippen molar-refractivity contribution >= 4 is 35.8 Å². The normalized spacial score (nSPS) is 11.2. The van der Waals surface area contributed by atoms with Crippen LogP contribution in [0.4, 0.5) is 0 Å². The summed E-state index contributed by atoms with van der Waals surface area (Å²) in [4.78, 5) is 52.1. The molecule has 4 aromatic carbocycles. The molecule has 0 radical (unpaired) electrons. The molecule has 0 heterocycles. The highest BCUT2D eigenvalue weighted by Gasteiger charge is 2.17. The maximum atomic E-state index is 13.2. The van der Waals surface area contributed by atoms with Crippen LogP contribution in [0.15, 0.2) is 121 Å². The molecule has 0 saturated carbocycles. The van der Waals surface area contributed by atoms with E-state index in [1.807, 2.05) is 0 Å². The van der Waals surface area contributed by atoms with Crippen LogP contribution in [0.25, 0.3) is 12.2 Å². The average Bonchev–Trinajstić information content (AvgIpc) is 3.10. The molecule has 0 bridgehead atoms. The van der Waals surface area contributed by atoms with Gasteiger partial charge in [0.1, 0.15) is 22.9 Å². The Bertz CT molecular complexity index is 1570. The van der Waals surface area contributed by atoms with Crippen molar-refractivity contribution in [1.82, 2.24) is 21.3 Å². The van der Waals surface area contributed by atoms with Crippen molar-refractivity contribution in [3.63, 3.8) is 0 Å². The van der Waals surface area contributed by atoms with Crippen molar-refractivity contribution in [1.29, 1.82) is 0 Å². The minimum atomic E-state index is -0.555. The Morgan fingerprint density at radius 2 is 0.870 bits per heavy atom. The Hall–Kier alpha value is -6.16. The fraction of sp³-hybridized carbons (Fsp3) is 0.111. The van der Waals surface area contributed by atoms with Crippen molar-refractivity contribution < 1.29 is 28.7 Å². The Labute approximate surface area is 267 Å². The van der Waals surface area contributed by atoms with Gasteiger partial charge in [0, 0.05) is 24.2 Å². The smallest absolute Gasteiger partial charge is 0.267 e. The van der Waals surface area contributed by atoms with E-state index in [-0.39, 0.29) is 24.5 Å². The van der Waals surface area contributed by atoms with Crippen LogP contribution in [0.3, 0.4) is 0 Å². The van der Waals surface area contributed by atoms with Gasteiger partial charge in [-0.25, -0.2) is 0 Å². The Balaban J connectivity index is 1.43. The lowest BCUT2D eigenvalue weighted by atomic mass is 10.1. The number of amides is 4. The van der Waals surface area contributed by atoms with Crippen molar-refractivity contribution in [2.45, 2.75) is 0 Å². The second-order valence-corrected chi connectivity index (χ2v) is 9.81. The summed E-state index contributed by atoms with van der Waals surface area (Å²) in [6.07, 6.45) is 3.09. The topological polar surface area (TPSA) is 135 Å². The molecule has 0 atom stereocenters. The quantitative estimate of drug-likeness (QED) is 0.131. The summed E-state index contributed by atoms with van der Waals surface area (Å²) >= 11 is 0. The summed E-state index contributed by atoms with van der Waals surface area (Å²) in [5.41, 5.74) is 2.13. The first-order valence-electron chi connectivity index (χ1n) is 14.4. The first-order chi connectivity index (χ1) is 22.4. The number of ether oxygens (including phenoxy) is 2. The number of nitrogens with one attached hydrogen (secondary N) is 4. The average molecular weight is 619 g/mol. The van der Waals surface area contributed by atoms with Gasteiger partial charge in [0.15, 0.2) is 0 Å².